The minimum absolute atomic E-state index is 0.566. The third kappa shape index (κ3) is 4.47. The number of pyridine rings is 1. The highest BCUT2D eigenvalue weighted by Crippen LogP contribution is 2.10. The van der Waals surface area contributed by atoms with Crippen LogP contribution in [0.3, 0.4) is 0 Å². The average molecular weight is 243 g/mol. The van der Waals surface area contributed by atoms with Crippen LogP contribution in [0.25, 0.3) is 0 Å². The van der Waals surface area contributed by atoms with Crippen molar-refractivity contribution in [2.45, 2.75) is 20.4 Å². The molecule has 3 nitrogen and oxygen atoms in total. The average Bonchev–Trinajstić information content (AvgIpc) is 2.33. The van der Waals surface area contributed by atoms with Gasteiger partial charge in [-0.3, -0.25) is 4.90 Å². The Morgan fingerprint density at radius 1 is 1.38 bits per heavy atom. The number of halogens is 1. The van der Waals surface area contributed by atoms with E-state index in [1.54, 1.807) is 6.20 Å². The smallest absolute Gasteiger partial charge is 0.129 e. The van der Waals surface area contributed by atoms with Crippen molar-refractivity contribution in [2.24, 2.45) is 0 Å². The molecule has 0 aliphatic carbocycles. The van der Waals surface area contributed by atoms with Gasteiger partial charge in [0, 0.05) is 25.8 Å². The van der Waals surface area contributed by atoms with Gasteiger partial charge in [0.1, 0.15) is 5.15 Å². The molecule has 1 aliphatic rings. The quantitative estimate of drug-likeness (QED) is 0.746. The Balaban J connectivity index is 0.000000606. The van der Waals surface area contributed by atoms with Gasteiger partial charge in [0.15, 0.2) is 0 Å². The second kappa shape index (κ2) is 7.60. The van der Waals surface area contributed by atoms with Crippen molar-refractivity contribution in [1.29, 1.82) is 0 Å². The van der Waals surface area contributed by atoms with Gasteiger partial charge in [0.2, 0.25) is 0 Å². The van der Waals surface area contributed by atoms with Crippen LogP contribution in [-0.4, -0.2) is 36.2 Å². The third-order valence-electron chi connectivity index (χ3n) is 2.30. The molecular formula is C12H19ClN2O. The molecule has 1 aliphatic heterocycles. The zero-order valence-electron chi connectivity index (χ0n) is 9.95. The molecule has 1 aromatic heterocycles. The number of ether oxygens (including phenoxy) is 1. The van der Waals surface area contributed by atoms with Gasteiger partial charge in [-0.25, -0.2) is 4.98 Å². The maximum atomic E-state index is 5.81. The Hall–Kier alpha value is -0.640. The topological polar surface area (TPSA) is 25.4 Å². The first-order valence-electron chi connectivity index (χ1n) is 5.75. The second-order valence-corrected chi connectivity index (χ2v) is 3.76. The lowest BCUT2D eigenvalue weighted by Crippen LogP contribution is -2.35. The number of morpholine rings is 1. The Bertz CT molecular complexity index is 301. The molecule has 4 heteroatoms. The summed E-state index contributed by atoms with van der Waals surface area (Å²) < 4.78 is 5.28. The number of nitrogens with zero attached hydrogens (tertiary/aromatic N) is 2. The van der Waals surface area contributed by atoms with Gasteiger partial charge in [-0.15, -0.1) is 0 Å². The van der Waals surface area contributed by atoms with Crippen LogP contribution >= 0.6 is 11.6 Å². The number of hydrogen-bond donors (Lipinski definition) is 0. The zero-order valence-corrected chi connectivity index (χ0v) is 10.7. The van der Waals surface area contributed by atoms with Crippen LogP contribution in [0.1, 0.15) is 19.4 Å². The van der Waals surface area contributed by atoms with Crippen LogP contribution in [0.15, 0.2) is 18.3 Å². The van der Waals surface area contributed by atoms with Crippen molar-refractivity contribution in [3.63, 3.8) is 0 Å². The first kappa shape index (κ1) is 13.4. The van der Waals surface area contributed by atoms with Crippen molar-refractivity contribution in [1.82, 2.24) is 9.88 Å². The van der Waals surface area contributed by atoms with Crippen molar-refractivity contribution >= 4 is 11.6 Å². The highest BCUT2D eigenvalue weighted by atomic mass is 35.5. The SMILES string of the molecule is CC.Clc1cc(CN2CCOCC2)ccn1. The van der Waals surface area contributed by atoms with E-state index >= 15 is 0 Å². The molecule has 2 heterocycles. The summed E-state index contributed by atoms with van der Waals surface area (Å²) in [7, 11) is 0. The summed E-state index contributed by atoms with van der Waals surface area (Å²) in [5.41, 5.74) is 1.21. The lowest BCUT2D eigenvalue weighted by Gasteiger charge is -2.26. The first-order valence-corrected chi connectivity index (χ1v) is 6.13. The fourth-order valence-corrected chi connectivity index (χ4v) is 1.75. The predicted molar refractivity (Wildman–Crippen MR) is 66.7 cm³/mol. The summed E-state index contributed by atoms with van der Waals surface area (Å²) in [6, 6.07) is 3.92. The second-order valence-electron chi connectivity index (χ2n) is 3.38. The van der Waals surface area contributed by atoms with Crippen molar-refractivity contribution in [3.8, 4) is 0 Å². The van der Waals surface area contributed by atoms with E-state index in [0.29, 0.717) is 5.15 Å². The lowest BCUT2D eigenvalue weighted by atomic mass is 10.2. The van der Waals surface area contributed by atoms with E-state index in [0.717, 1.165) is 32.8 Å². The van der Waals surface area contributed by atoms with Crippen LogP contribution in [0.2, 0.25) is 5.15 Å². The molecule has 0 atom stereocenters. The van der Waals surface area contributed by atoms with Crippen LogP contribution < -0.4 is 0 Å². The Morgan fingerprint density at radius 3 is 2.69 bits per heavy atom. The van der Waals surface area contributed by atoms with Gasteiger partial charge >= 0.3 is 0 Å². The van der Waals surface area contributed by atoms with Crippen molar-refractivity contribution < 1.29 is 4.74 Å². The summed E-state index contributed by atoms with van der Waals surface area (Å²) in [5, 5.41) is 0.566. The molecule has 0 saturated carbocycles. The molecule has 0 aromatic carbocycles. The Labute approximate surface area is 102 Å². The van der Waals surface area contributed by atoms with Crippen LogP contribution in [0.5, 0.6) is 0 Å². The molecule has 0 unspecified atom stereocenters. The summed E-state index contributed by atoms with van der Waals surface area (Å²) in [6.45, 7) is 8.60. The Kier molecular flexibility index (Phi) is 6.38. The predicted octanol–water partition coefficient (Wildman–Crippen LogP) is 2.59. The van der Waals surface area contributed by atoms with Crippen LogP contribution in [0.4, 0.5) is 0 Å². The van der Waals surface area contributed by atoms with E-state index in [9.17, 15) is 0 Å². The van der Waals surface area contributed by atoms with E-state index in [-0.39, 0.29) is 0 Å². The molecular weight excluding hydrogens is 224 g/mol. The summed E-state index contributed by atoms with van der Waals surface area (Å²) in [5.74, 6) is 0. The van der Waals surface area contributed by atoms with Gasteiger partial charge in [0.25, 0.3) is 0 Å². The molecule has 90 valence electrons. The van der Waals surface area contributed by atoms with E-state index in [2.05, 4.69) is 9.88 Å². The van der Waals surface area contributed by atoms with E-state index in [4.69, 9.17) is 16.3 Å². The maximum absolute atomic E-state index is 5.81. The van der Waals surface area contributed by atoms with Gasteiger partial charge in [-0.1, -0.05) is 25.4 Å². The number of aromatic nitrogens is 1. The fraction of sp³-hybridized carbons (Fsp3) is 0.583. The molecule has 0 amide bonds. The molecule has 0 radical (unpaired) electrons. The first-order chi connectivity index (χ1) is 7.84. The molecule has 0 N–H and O–H groups in total. The van der Waals surface area contributed by atoms with E-state index < -0.39 is 0 Å². The molecule has 1 fully saturated rings. The monoisotopic (exact) mass is 242 g/mol. The lowest BCUT2D eigenvalue weighted by molar-refractivity contribution is 0.0342. The largest absolute Gasteiger partial charge is 0.379 e. The molecule has 1 saturated heterocycles. The van der Waals surface area contributed by atoms with Crippen LogP contribution in [-0.2, 0) is 11.3 Å². The van der Waals surface area contributed by atoms with E-state index in [1.807, 2.05) is 26.0 Å². The minimum Gasteiger partial charge on any atom is -0.379 e. The fourth-order valence-electron chi connectivity index (χ4n) is 1.56. The summed E-state index contributed by atoms with van der Waals surface area (Å²) >= 11 is 5.81. The highest BCUT2D eigenvalue weighted by Gasteiger charge is 2.10. The standard InChI is InChI=1S/C10H13ClN2O.C2H6/c11-10-7-9(1-2-12-10)8-13-3-5-14-6-4-13;1-2/h1-2,7H,3-6,8H2;1-2H3. The molecule has 16 heavy (non-hydrogen) atoms. The third-order valence-corrected chi connectivity index (χ3v) is 2.51. The van der Waals surface area contributed by atoms with Gasteiger partial charge in [-0.2, -0.15) is 0 Å². The highest BCUT2D eigenvalue weighted by molar-refractivity contribution is 6.29. The van der Waals surface area contributed by atoms with Crippen molar-refractivity contribution in [3.05, 3.63) is 29.0 Å². The normalized spacial score (nSPS) is 16.4. The molecule has 0 bridgehead atoms. The van der Waals surface area contributed by atoms with Gasteiger partial charge in [0.05, 0.1) is 13.2 Å². The Morgan fingerprint density at radius 2 is 2.06 bits per heavy atom. The number of hydrogen-bond acceptors (Lipinski definition) is 3. The zero-order chi connectivity index (χ0) is 11.8. The van der Waals surface area contributed by atoms with Crippen molar-refractivity contribution in [2.75, 3.05) is 26.3 Å². The van der Waals surface area contributed by atoms with Crippen LogP contribution in [0, 0.1) is 0 Å². The molecule has 2 rings (SSSR count). The van der Waals surface area contributed by atoms with E-state index in [1.165, 1.54) is 5.56 Å². The minimum atomic E-state index is 0.566. The number of rotatable bonds is 2. The van der Waals surface area contributed by atoms with Gasteiger partial charge in [-0.05, 0) is 17.7 Å². The molecule has 0 spiro atoms. The maximum Gasteiger partial charge on any atom is 0.129 e. The molecule has 1 aromatic rings. The summed E-state index contributed by atoms with van der Waals surface area (Å²) in [6.07, 6.45) is 1.75. The summed E-state index contributed by atoms with van der Waals surface area (Å²) in [4.78, 5) is 6.31. The van der Waals surface area contributed by atoms with Gasteiger partial charge < -0.3 is 4.74 Å².